The first kappa shape index (κ1) is 16.5. The fourth-order valence-electron chi connectivity index (χ4n) is 3.02. The van der Waals surface area contributed by atoms with E-state index in [-0.39, 0.29) is 5.82 Å². The second-order valence-corrected chi connectivity index (χ2v) is 5.96. The molecule has 0 bridgehead atoms. The van der Waals surface area contributed by atoms with Crippen LogP contribution >= 0.6 is 0 Å². The Labute approximate surface area is 146 Å². The minimum absolute atomic E-state index is 0.278. The predicted octanol–water partition coefficient (Wildman–Crippen LogP) is 1.50. The van der Waals surface area contributed by atoms with Crippen molar-refractivity contribution in [3.05, 3.63) is 30.7 Å². The van der Waals surface area contributed by atoms with Crippen LogP contribution in [-0.4, -0.2) is 55.7 Å². The molecule has 0 aromatic carbocycles. The number of rotatable bonds is 2. The summed E-state index contributed by atoms with van der Waals surface area (Å²) in [5.41, 5.74) is 0.519. The molecular formula is C15H15F3N8. The number of imidazole rings is 1. The number of hydrogen-bond donors (Lipinski definition) is 0. The van der Waals surface area contributed by atoms with Crippen molar-refractivity contribution in [3.63, 3.8) is 0 Å². The predicted molar refractivity (Wildman–Crippen MR) is 87.8 cm³/mol. The summed E-state index contributed by atoms with van der Waals surface area (Å²) in [6.45, 7) is 2.25. The normalized spacial score (nSPS) is 15.7. The summed E-state index contributed by atoms with van der Waals surface area (Å²) in [4.78, 5) is 23.9. The van der Waals surface area contributed by atoms with Crippen LogP contribution in [0.3, 0.4) is 0 Å². The van der Waals surface area contributed by atoms with Crippen molar-refractivity contribution in [2.24, 2.45) is 7.05 Å². The van der Waals surface area contributed by atoms with E-state index in [2.05, 4.69) is 29.8 Å². The molecule has 3 aromatic rings. The molecule has 0 amide bonds. The van der Waals surface area contributed by atoms with Crippen molar-refractivity contribution in [3.8, 4) is 0 Å². The molecule has 26 heavy (non-hydrogen) atoms. The van der Waals surface area contributed by atoms with E-state index in [9.17, 15) is 13.2 Å². The molecule has 136 valence electrons. The summed E-state index contributed by atoms with van der Waals surface area (Å²) < 4.78 is 40.4. The van der Waals surface area contributed by atoms with Gasteiger partial charge >= 0.3 is 6.18 Å². The number of anilines is 2. The molecule has 11 heteroatoms. The minimum Gasteiger partial charge on any atom is -0.353 e. The van der Waals surface area contributed by atoms with Crippen LogP contribution in [0.1, 0.15) is 5.69 Å². The maximum atomic E-state index is 12.8. The van der Waals surface area contributed by atoms with Crippen LogP contribution in [0.4, 0.5) is 24.8 Å². The van der Waals surface area contributed by atoms with Crippen molar-refractivity contribution in [1.82, 2.24) is 29.5 Å². The number of alkyl halides is 3. The largest absolute Gasteiger partial charge is 0.433 e. The summed E-state index contributed by atoms with van der Waals surface area (Å²) in [7, 11) is 1.87. The van der Waals surface area contributed by atoms with Crippen molar-refractivity contribution in [2.45, 2.75) is 6.18 Å². The Balaban J connectivity index is 1.53. The zero-order chi connectivity index (χ0) is 18.3. The fraction of sp³-hybridized carbons (Fsp3) is 0.400. The van der Waals surface area contributed by atoms with Crippen molar-refractivity contribution in [1.29, 1.82) is 0 Å². The Bertz CT molecular complexity index is 930. The molecule has 0 N–H and O–H groups in total. The van der Waals surface area contributed by atoms with Crippen molar-refractivity contribution < 1.29 is 13.2 Å². The van der Waals surface area contributed by atoms with Crippen LogP contribution in [0, 0.1) is 0 Å². The lowest BCUT2D eigenvalue weighted by Crippen LogP contribution is -2.47. The van der Waals surface area contributed by atoms with Gasteiger partial charge < -0.3 is 14.4 Å². The van der Waals surface area contributed by atoms with E-state index in [4.69, 9.17) is 0 Å². The molecule has 0 spiro atoms. The molecule has 1 saturated heterocycles. The number of aromatic nitrogens is 6. The minimum atomic E-state index is -4.48. The van der Waals surface area contributed by atoms with E-state index in [0.29, 0.717) is 31.8 Å². The highest BCUT2D eigenvalue weighted by Gasteiger charge is 2.33. The summed E-state index contributed by atoms with van der Waals surface area (Å²) in [5, 5.41) is 0. The first-order chi connectivity index (χ1) is 12.4. The molecule has 3 aromatic heterocycles. The van der Waals surface area contributed by atoms with Crippen LogP contribution < -0.4 is 9.80 Å². The number of halogens is 3. The Morgan fingerprint density at radius 1 is 0.885 bits per heavy atom. The van der Waals surface area contributed by atoms with Gasteiger partial charge in [-0.1, -0.05) is 0 Å². The fourth-order valence-corrected chi connectivity index (χ4v) is 3.02. The highest BCUT2D eigenvalue weighted by atomic mass is 19.4. The van der Waals surface area contributed by atoms with Crippen LogP contribution in [0.5, 0.6) is 0 Å². The van der Waals surface area contributed by atoms with Gasteiger partial charge in [0.1, 0.15) is 29.7 Å². The number of aryl methyl sites for hydroxylation is 1. The van der Waals surface area contributed by atoms with Crippen LogP contribution in [0.2, 0.25) is 0 Å². The van der Waals surface area contributed by atoms with Gasteiger partial charge in [0.2, 0.25) is 0 Å². The van der Waals surface area contributed by atoms with Gasteiger partial charge in [-0.15, -0.1) is 0 Å². The van der Waals surface area contributed by atoms with Gasteiger partial charge in [0.15, 0.2) is 11.5 Å². The highest BCUT2D eigenvalue weighted by molar-refractivity contribution is 5.83. The number of fused-ring (bicyclic) bond motifs is 1. The molecule has 1 aliphatic heterocycles. The van der Waals surface area contributed by atoms with Gasteiger partial charge in [0, 0.05) is 39.3 Å². The van der Waals surface area contributed by atoms with Gasteiger partial charge in [-0.3, -0.25) is 0 Å². The van der Waals surface area contributed by atoms with E-state index in [0.717, 1.165) is 23.7 Å². The summed E-state index contributed by atoms with van der Waals surface area (Å²) >= 11 is 0. The molecule has 0 saturated carbocycles. The lowest BCUT2D eigenvalue weighted by Gasteiger charge is -2.36. The van der Waals surface area contributed by atoms with Crippen LogP contribution in [0.25, 0.3) is 11.2 Å². The van der Waals surface area contributed by atoms with Gasteiger partial charge in [-0.05, 0) is 0 Å². The molecule has 8 nitrogen and oxygen atoms in total. The smallest absolute Gasteiger partial charge is 0.353 e. The maximum absolute atomic E-state index is 12.8. The molecule has 4 heterocycles. The van der Waals surface area contributed by atoms with Crippen LogP contribution in [-0.2, 0) is 13.2 Å². The molecule has 0 aliphatic carbocycles. The third kappa shape index (κ3) is 2.89. The maximum Gasteiger partial charge on any atom is 0.433 e. The van der Waals surface area contributed by atoms with Gasteiger partial charge in [-0.25, -0.2) is 24.9 Å². The standard InChI is InChI=1S/C15H15F3N8/c1-24-9-23-13-12(24)14(22-8-21-13)26-4-2-25(3-5-26)11-6-10(15(16,17)18)19-7-20-11/h6-9H,2-5H2,1H3. The third-order valence-electron chi connectivity index (χ3n) is 4.34. The first-order valence-electron chi connectivity index (χ1n) is 7.94. The second kappa shape index (κ2) is 6.07. The Morgan fingerprint density at radius 3 is 2.31 bits per heavy atom. The Kier molecular flexibility index (Phi) is 3.85. The zero-order valence-electron chi connectivity index (χ0n) is 13.8. The van der Waals surface area contributed by atoms with E-state index in [1.165, 1.54) is 6.33 Å². The van der Waals surface area contributed by atoms with Crippen molar-refractivity contribution in [2.75, 3.05) is 36.0 Å². The zero-order valence-corrected chi connectivity index (χ0v) is 13.8. The average molecular weight is 364 g/mol. The molecule has 0 radical (unpaired) electrons. The highest BCUT2D eigenvalue weighted by Crippen LogP contribution is 2.29. The number of nitrogens with zero attached hydrogens (tertiary/aromatic N) is 8. The SMILES string of the molecule is Cn1cnc2ncnc(N3CCN(c4cc(C(F)(F)F)ncn4)CC3)c21. The molecule has 0 unspecified atom stereocenters. The van der Waals surface area contributed by atoms with E-state index in [1.54, 1.807) is 6.33 Å². The second-order valence-electron chi connectivity index (χ2n) is 5.96. The third-order valence-corrected chi connectivity index (χ3v) is 4.34. The van der Waals surface area contributed by atoms with Gasteiger partial charge in [0.25, 0.3) is 0 Å². The first-order valence-corrected chi connectivity index (χ1v) is 7.94. The van der Waals surface area contributed by atoms with E-state index in [1.807, 2.05) is 16.5 Å². The lowest BCUT2D eigenvalue weighted by atomic mass is 10.2. The molecule has 1 aliphatic rings. The number of hydrogen-bond acceptors (Lipinski definition) is 7. The van der Waals surface area contributed by atoms with E-state index >= 15 is 0 Å². The summed E-state index contributed by atoms with van der Waals surface area (Å²) in [5.74, 6) is 1.05. The molecule has 0 atom stereocenters. The average Bonchev–Trinajstić information content (AvgIpc) is 3.03. The molecular weight excluding hydrogens is 349 g/mol. The van der Waals surface area contributed by atoms with Gasteiger partial charge in [-0.2, -0.15) is 13.2 Å². The van der Waals surface area contributed by atoms with Crippen LogP contribution in [0.15, 0.2) is 25.0 Å². The van der Waals surface area contributed by atoms with Gasteiger partial charge in [0.05, 0.1) is 6.33 Å². The van der Waals surface area contributed by atoms with Crippen molar-refractivity contribution >= 4 is 22.8 Å². The van der Waals surface area contributed by atoms with E-state index < -0.39 is 11.9 Å². The molecule has 4 rings (SSSR count). The summed E-state index contributed by atoms with van der Waals surface area (Å²) in [6, 6.07) is 0.986. The monoisotopic (exact) mass is 364 g/mol. The Morgan fingerprint density at radius 2 is 1.58 bits per heavy atom. The Hall–Kier alpha value is -2.98. The topological polar surface area (TPSA) is 75.9 Å². The summed E-state index contributed by atoms with van der Waals surface area (Å²) in [6.07, 6.45) is -0.380. The molecule has 1 fully saturated rings. The lowest BCUT2D eigenvalue weighted by molar-refractivity contribution is -0.141. The number of piperazine rings is 1. The quantitative estimate of drug-likeness (QED) is 0.682.